The van der Waals surface area contributed by atoms with Crippen LogP contribution >= 0.6 is 0 Å². The third-order valence-electron chi connectivity index (χ3n) is 5.30. The lowest BCUT2D eigenvalue weighted by atomic mass is 9.98. The van der Waals surface area contributed by atoms with E-state index in [-0.39, 0.29) is 0 Å². The molecule has 0 aliphatic carbocycles. The normalized spacial score (nSPS) is 15.0. The van der Waals surface area contributed by atoms with Crippen molar-refractivity contribution >= 4 is 5.96 Å². The Bertz CT molecular complexity index is 906. The summed E-state index contributed by atoms with van der Waals surface area (Å²) in [5.41, 5.74) is 11.1. The van der Waals surface area contributed by atoms with Gasteiger partial charge >= 0.3 is 0 Å². The van der Waals surface area contributed by atoms with Gasteiger partial charge in [-0.15, -0.1) is 0 Å². The second-order valence-electron chi connectivity index (χ2n) is 7.31. The molecule has 144 valence electrons. The number of benzene rings is 2. The zero-order valence-electron chi connectivity index (χ0n) is 16.2. The number of rotatable bonds is 5. The molecule has 1 aliphatic heterocycles. The van der Waals surface area contributed by atoms with Gasteiger partial charge < -0.3 is 15.2 Å². The molecule has 28 heavy (non-hydrogen) atoms. The van der Waals surface area contributed by atoms with E-state index in [9.17, 15) is 0 Å². The van der Waals surface area contributed by atoms with E-state index in [1.807, 2.05) is 12.5 Å². The molecule has 0 atom stereocenters. The number of aliphatic imine (C=N–C) groups is 1. The van der Waals surface area contributed by atoms with E-state index in [1.165, 1.54) is 41.5 Å². The van der Waals surface area contributed by atoms with Crippen LogP contribution in [0.15, 0.2) is 72.2 Å². The van der Waals surface area contributed by atoms with Crippen molar-refractivity contribution in [3.05, 3.63) is 78.4 Å². The molecule has 1 saturated heterocycles. The van der Waals surface area contributed by atoms with Crippen molar-refractivity contribution in [2.45, 2.75) is 32.4 Å². The fourth-order valence-electron chi connectivity index (χ4n) is 3.71. The number of likely N-dealkylation sites (tertiary alicyclic amines) is 1. The monoisotopic (exact) mass is 373 g/mol. The zero-order chi connectivity index (χ0) is 19.2. The molecule has 5 heteroatoms. The lowest BCUT2D eigenvalue weighted by molar-refractivity contribution is 0.338. The van der Waals surface area contributed by atoms with Crippen LogP contribution in [-0.4, -0.2) is 33.5 Å². The van der Waals surface area contributed by atoms with Crippen LogP contribution in [0.5, 0.6) is 0 Å². The Kier molecular flexibility index (Phi) is 5.71. The van der Waals surface area contributed by atoms with E-state index in [0.29, 0.717) is 12.5 Å². The van der Waals surface area contributed by atoms with Crippen molar-refractivity contribution in [3.8, 4) is 11.1 Å². The van der Waals surface area contributed by atoms with Crippen LogP contribution in [-0.2, 0) is 13.1 Å². The van der Waals surface area contributed by atoms with E-state index in [4.69, 9.17) is 5.73 Å². The summed E-state index contributed by atoms with van der Waals surface area (Å²) in [6, 6.07) is 17.2. The number of piperidine rings is 1. The van der Waals surface area contributed by atoms with Crippen LogP contribution in [0.3, 0.4) is 0 Å². The molecule has 1 aromatic heterocycles. The van der Waals surface area contributed by atoms with E-state index in [1.54, 1.807) is 6.20 Å². The number of imidazole rings is 1. The fourth-order valence-corrected chi connectivity index (χ4v) is 3.71. The van der Waals surface area contributed by atoms with Gasteiger partial charge in [0.15, 0.2) is 5.96 Å². The molecule has 1 fully saturated rings. The first-order valence-electron chi connectivity index (χ1n) is 9.97. The largest absolute Gasteiger partial charge is 0.370 e. The molecule has 0 radical (unpaired) electrons. The number of hydrogen-bond acceptors (Lipinski definition) is 2. The predicted molar refractivity (Wildman–Crippen MR) is 114 cm³/mol. The minimum absolute atomic E-state index is 0.606. The van der Waals surface area contributed by atoms with Crippen molar-refractivity contribution in [3.63, 3.8) is 0 Å². The van der Waals surface area contributed by atoms with E-state index >= 15 is 0 Å². The van der Waals surface area contributed by atoms with Crippen molar-refractivity contribution in [2.24, 2.45) is 10.7 Å². The highest BCUT2D eigenvalue weighted by Gasteiger charge is 2.12. The maximum Gasteiger partial charge on any atom is 0.191 e. The van der Waals surface area contributed by atoms with Crippen molar-refractivity contribution in [1.82, 2.24) is 14.5 Å². The summed E-state index contributed by atoms with van der Waals surface area (Å²) in [5.74, 6) is 0.671. The second kappa shape index (κ2) is 8.74. The van der Waals surface area contributed by atoms with Crippen molar-refractivity contribution in [2.75, 3.05) is 13.1 Å². The van der Waals surface area contributed by atoms with Crippen LogP contribution in [0.1, 0.15) is 30.4 Å². The van der Waals surface area contributed by atoms with Gasteiger partial charge in [-0.1, -0.05) is 48.5 Å². The summed E-state index contributed by atoms with van der Waals surface area (Å²) in [6.45, 7) is 3.48. The van der Waals surface area contributed by atoms with Crippen LogP contribution in [0, 0.1) is 0 Å². The maximum absolute atomic E-state index is 6.24. The molecular weight excluding hydrogens is 346 g/mol. The standard InChI is InChI=1S/C23H27N5/c24-23(28-13-4-1-5-14-28)26-16-21-6-2-3-7-22(21)20-10-8-19(9-11-20)17-27-15-12-25-18-27/h2-3,6-12,15,18H,1,4-5,13-14,16-17H2,(H2,24,26). The molecular formula is C23H27N5. The van der Waals surface area contributed by atoms with Gasteiger partial charge in [0, 0.05) is 32.0 Å². The van der Waals surface area contributed by atoms with Crippen molar-refractivity contribution < 1.29 is 0 Å². The average molecular weight is 374 g/mol. The van der Waals surface area contributed by atoms with Gasteiger partial charge in [-0.2, -0.15) is 0 Å². The van der Waals surface area contributed by atoms with Crippen LogP contribution in [0.2, 0.25) is 0 Å². The van der Waals surface area contributed by atoms with Gasteiger partial charge in [-0.25, -0.2) is 9.98 Å². The summed E-state index contributed by atoms with van der Waals surface area (Å²) in [6.07, 6.45) is 9.34. The summed E-state index contributed by atoms with van der Waals surface area (Å²) >= 11 is 0. The quantitative estimate of drug-likeness (QED) is 0.545. The van der Waals surface area contributed by atoms with Gasteiger partial charge in [0.2, 0.25) is 0 Å². The van der Waals surface area contributed by atoms with Crippen LogP contribution in [0.4, 0.5) is 0 Å². The van der Waals surface area contributed by atoms with Gasteiger partial charge in [0.25, 0.3) is 0 Å². The third kappa shape index (κ3) is 4.42. The smallest absolute Gasteiger partial charge is 0.191 e. The number of hydrogen-bond donors (Lipinski definition) is 1. The topological polar surface area (TPSA) is 59.4 Å². The van der Waals surface area contributed by atoms with Crippen LogP contribution in [0.25, 0.3) is 11.1 Å². The molecule has 2 N–H and O–H groups in total. The Morgan fingerprint density at radius 3 is 2.54 bits per heavy atom. The number of nitrogens with two attached hydrogens (primary N) is 1. The third-order valence-corrected chi connectivity index (χ3v) is 5.30. The zero-order valence-corrected chi connectivity index (χ0v) is 16.2. The van der Waals surface area contributed by atoms with Gasteiger partial charge in [-0.05, 0) is 41.5 Å². The first-order chi connectivity index (χ1) is 13.8. The van der Waals surface area contributed by atoms with Crippen LogP contribution < -0.4 is 5.73 Å². The fraction of sp³-hybridized carbons (Fsp3) is 0.304. The lowest BCUT2D eigenvalue weighted by Crippen LogP contribution is -2.40. The number of aromatic nitrogens is 2. The van der Waals surface area contributed by atoms with Gasteiger partial charge in [0.05, 0.1) is 12.9 Å². The molecule has 1 aliphatic rings. The summed E-state index contributed by atoms with van der Waals surface area (Å²) in [4.78, 5) is 11.0. The lowest BCUT2D eigenvalue weighted by Gasteiger charge is -2.27. The Labute approximate surface area is 166 Å². The minimum atomic E-state index is 0.606. The summed E-state index contributed by atoms with van der Waals surface area (Å²) in [7, 11) is 0. The maximum atomic E-state index is 6.24. The SMILES string of the molecule is NC(=NCc1ccccc1-c1ccc(Cn2ccnc2)cc1)N1CCCCC1. The molecule has 2 aromatic carbocycles. The van der Waals surface area contributed by atoms with Crippen molar-refractivity contribution in [1.29, 1.82) is 0 Å². The number of nitrogens with zero attached hydrogens (tertiary/aromatic N) is 4. The predicted octanol–water partition coefficient (Wildman–Crippen LogP) is 3.90. The summed E-state index contributed by atoms with van der Waals surface area (Å²) < 4.78 is 2.07. The molecule has 3 aromatic rings. The highest BCUT2D eigenvalue weighted by atomic mass is 15.2. The Hall–Kier alpha value is -3.08. The first kappa shape index (κ1) is 18.3. The summed E-state index contributed by atoms with van der Waals surface area (Å²) in [5, 5.41) is 0. The van der Waals surface area contributed by atoms with Gasteiger partial charge in [-0.3, -0.25) is 0 Å². The highest BCUT2D eigenvalue weighted by Crippen LogP contribution is 2.25. The first-order valence-corrected chi connectivity index (χ1v) is 9.97. The average Bonchev–Trinajstić information content (AvgIpc) is 3.26. The second-order valence-corrected chi connectivity index (χ2v) is 7.31. The molecule has 4 rings (SSSR count). The van der Waals surface area contributed by atoms with E-state index in [0.717, 1.165) is 19.6 Å². The van der Waals surface area contributed by atoms with Gasteiger partial charge in [0.1, 0.15) is 0 Å². The molecule has 2 heterocycles. The molecule has 0 bridgehead atoms. The van der Waals surface area contributed by atoms with E-state index in [2.05, 4.69) is 68.0 Å². The Morgan fingerprint density at radius 2 is 1.79 bits per heavy atom. The molecule has 0 unspecified atom stereocenters. The minimum Gasteiger partial charge on any atom is -0.370 e. The Morgan fingerprint density at radius 1 is 1.00 bits per heavy atom. The Balaban J connectivity index is 1.49. The number of guanidine groups is 1. The molecule has 0 saturated carbocycles. The highest BCUT2D eigenvalue weighted by molar-refractivity contribution is 5.78. The molecule has 0 amide bonds. The molecule has 5 nitrogen and oxygen atoms in total. The molecule has 0 spiro atoms. The van der Waals surface area contributed by atoms with E-state index < -0.39 is 0 Å².